The lowest BCUT2D eigenvalue weighted by Gasteiger charge is -2.04. The molecule has 0 heterocycles. The Bertz CT molecular complexity index is 901. The van der Waals surface area contributed by atoms with E-state index in [0.29, 0.717) is 22.8 Å². The standard InChI is InChI=1S/C23H21F4N/c1-4-21(25)11-16(2)12-23(27)14-18-5-7-19(8-6-18)20(13-17(3)24)15-22(26)9-10-28/h5-9,11-15H,4H2,1-3H3/b16-12-,17-13+,20-15+,21-11+,22-9-,23-14-. The zero-order valence-electron chi connectivity index (χ0n) is 15.9. The van der Waals surface area contributed by atoms with E-state index < -0.39 is 17.5 Å². The Hall–Kier alpha value is -3.13. The Morgan fingerprint density at radius 1 is 0.929 bits per heavy atom. The number of nitrogens with zero attached hydrogens (tertiary/aromatic N) is 1. The fourth-order valence-corrected chi connectivity index (χ4v) is 2.26. The summed E-state index contributed by atoms with van der Waals surface area (Å²) >= 11 is 0. The van der Waals surface area contributed by atoms with Crippen LogP contribution in [0.1, 0.15) is 38.3 Å². The zero-order valence-corrected chi connectivity index (χ0v) is 15.9. The highest BCUT2D eigenvalue weighted by Gasteiger charge is 2.03. The molecule has 0 bridgehead atoms. The molecule has 0 aliphatic heterocycles. The smallest absolute Gasteiger partial charge is 0.134 e. The first kappa shape index (κ1) is 22.9. The molecule has 0 aliphatic carbocycles. The summed E-state index contributed by atoms with van der Waals surface area (Å²) in [5, 5.41) is 8.49. The van der Waals surface area contributed by atoms with Crippen LogP contribution in [0, 0.1) is 11.3 Å². The lowest BCUT2D eigenvalue weighted by Crippen LogP contribution is -1.84. The van der Waals surface area contributed by atoms with E-state index >= 15 is 0 Å². The van der Waals surface area contributed by atoms with Gasteiger partial charge in [0.2, 0.25) is 0 Å². The normalized spacial score (nSPS) is 14.9. The lowest BCUT2D eigenvalue weighted by molar-refractivity contribution is 0.603. The lowest BCUT2D eigenvalue weighted by atomic mass is 10.0. The van der Waals surface area contributed by atoms with Gasteiger partial charge >= 0.3 is 0 Å². The van der Waals surface area contributed by atoms with E-state index in [1.807, 2.05) is 0 Å². The van der Waals surface area contributed by atoms with Crippen molar-refractivity contribution in [2.75, 3.05) is 0 Å². The molecule has 0 aliphatic rings. The molecule has 1 aromatic rings. The van der Waals surface area contributed by atoms with Gasteiger partial charge in [-0.3, -0.25) is 0 Å². The van der Waals surface area contributed by atoms with E-state index in [0.717, 1.165) is 12.2 Å². The van der Waals surface area contributed by atoms with Gasteiger partial charge in [-0.05, 0) is 72.9 Å². The molecular formula is C23H21F4N. The topological polar surface area (TPSA) is 23.8 Å². The molecule has 28 heavy (non-hydrogen) atoms. The van der Waals surface area contributed by atoms with Crippen LogP contribution in [0.2, 0.25) is 0 Å². The number of nitriles is 1. The van der Waals surface area contributed by atoms with Gasteiger partial charge in [0, 0.05) is 0 Å². The van der Waals surface area contributed by atoms with Crippen LogP contribution in [0.3, 0.4) is 0 Å². The van der Waals surface area contributed by atoms with Crippen LogP contribution in [0.15, 0.2) is 83.5 Å². The van der Waals surface area contributed by atoms with E-state index in [-0.39, 0.29) is 17.8 Å². The number of halogens is 4. The van der Waals surface area contributed by atoms with Crippen LogP contribution in [-0.2, 0) is 0 Å². The molecule has 0 radical (unpaired) electrons. The fraction of sp³-hybridized carbons (Fsp3) is 0.174. The zero-order chi connectivity index (χ0) is 21.1. The molecule has 146 valence electrons. The molecule has 0 saturated heterocycles. The third-order valence-electron chi connectivity index (χ3n) is 3.49. The van der Waals surface area contributed by atoms with Crippen molar-refractivity contribution in [2.24, 2.45) is 0 Å². The molecule has 5 heteroatoms. The second-order valence-electron chi connectivity index (χ2n) is 5.97. The van der Waals surface area contributed by atoms with Gasteiger partial charge in [0.25, 0.3) is 0 Å². The summed E-state index contributed by atoms with van der Waals surface area (Å²) in [6.45, 7) is 4.48. The van der Waals surface area contributed by atoms with Crippen molar-refractivity contribution in [1.82, 2.24) is 0 Å². The maximum atomic E-state index is 14.1. The van der Waals surface area contributed by atoms with Crippen molar-refractivity contribution >= 4 is 11.6 Å². The predicted molar refractivity (Wildman–Crippen MR) is 106 cm³/mol. The van der Waals surface area contributed by atoms with Gasteiger partial charge in [0.15, 0.2) is 0 Å². The number of benzene rings is 1. The largest absolute Gasteiger partial charge is 0.212 e. The van der Waals surface area contributed by atoms with Crippen LogP contribution >= 0.6 is 0 Å². The number of rotatable bonds is 7. The minimum absolute atomic E-state index is 0.232. The second kappa shape index (κ2) is 11.6. The number of allylic oxidation sites excluding steroid dienone is 11. The fourth-order valence-electron chi connectivity index (χ4n) is 2.26. The van der Waals surface area contributed by atoms with Gasteiger partial charge in [-0.1, -0.05) is 31.2 Å². The summed E-state index contributed by atoms with van der Waals surface area (Å²) in [6, 6.07) is 7.89. The van der Waals surface area contributed by atoms with Crippen LogP contribution in [0.4, 0.5) is 17.6 Å². The first-order valence-electron chi connectivity index (χ1n) is 8.58. The first-order chi connectivity index (χ1) is 13.2. The maximum absolute atomic E-state index is 14.1. The van der Waals surface area contributed by atoms with Crippen LogP contribution < -0.4 is 0 Å². The van der Waals surface area contributed by atoms with Gasteiger partial charge in [-0.15, -0.1) is 0 Å². The number of hydrogen-bond acceptors (Lipinski definition) is 1. The first-order valence-corrected chi connectivity index (χ1v) is 8.58. The third-order valence-corrected chi connectivity index (χ3v) is 3.49. The molecule has 0 spiro atoms. The van der Waals surface area contributed by atoms with Gasteiger partial charge in [0.1, 0.15) is 11.7 Å². The average Bonchev–Trinajstić information content (AvgIpc) is 2.61. The van der Waals surface area contributed by atoms with Gasteiger partial charge in [0.05, 0.1) is 23.8 Å². The molecule has 0 atom stereocenters. The van der Waals surface area contributed by atoms with Crippen molar-refractivity contribution in [1.29, 1.82) is 5.26 Å². The molecular weight excluding hydrogens is 366 g/mol. The van der Waals surface area contributed by atoms with Crippen molar-refractivity contribution < 1.29 is 17.6 Å². The van der Waals surface area contributed by atoms with Crippen molar-refractivity contribution in [2.45, 2.75) is 27.2 Å². The van der Waals surface area contributed by atoms with E-state index in [1.165, 1.54) is 25.2 Å². The Kier molecular flexibility index (Phi) is 9.45. The van der Waals surface area contributed by atoms with Crippen LogP contribution in [0.25, 0.3) is 11.6 Å². The third kappa shape index (κ3) is 8.50. The van der Waals surface area contributed by atoms with E-state index in [9.17, 15) is 17.6 Å². The van der Waals surface area contributed by atoms with Gasteiger partial charge in [-0.2, -0.15) is 5.26 Å². The molecule has 1 rings (SSSR count). The highest BCUT2D eigenvalue weighted by Crippen LogP contribution is 2.22. The Labute approximate surface area is 163 Å². The molecule has 1 nitrogen and oxygen atoms in total. The predicted octanol–water partition coefficient (Wildman–Crippen LogP) is 7.84. The molecule has 0 saturated carbocycles. The average molecular weight is 387 g/mol. The monoisotopic (exact) mass is 387 g/mol. The summed E-state index contributed by atoms with van der Waals surface area (Å²) < 4.78 is 54.1. The highest BCUT2D eigenvalue weighted by atomic mass is 19.1. The molecule has 0 unspecified atom stereocenters. The summed E-state index contributed by atoms with van der Waals surface area (Å²) in [7, 11) is 0. The van der Waals surface area contributed by atoms with Crippen molar-refractivity contribution in [3.63, 3.8) is 0 Å². The van der Waals surface area contributed by atoms with E-state index in [2.05, 4.69) is 0 Å². The van der Waals surface area contributed by atoms with Crippen molar-refractivity contribution in [3.8, 4) is 6.07 Å². The molecule has 0 N–H and O–H groups in total. The summed E-state index contributed by atoms with van der Waals surface area (Å²) in [5.74, 6) is -2.22. The Morgan fingerprint density at radius 2 is 1.57 bits per heavy atom. The maximum Gasteiger partial charge on any atom is 0.134 e. The molecule has 1 aromatic carbocycles. The van der Waals surface area contributed by atoms with E-state index in [4.69, 9.17) is 5.26 Å². The molecule has 0 aromatic heterocycles. The van der Waals surface area contributed by atoms with Crippen LogP contribution in [-0.4, -0.2) is 0 Å². The van der Waals surface area contributed by atoms with Gasteiger partial charge < -0.3 is 0 Å². The minimum Gasteiger partial charge on any atom is -0.212 e. The molecule has 0 amide bonds. The summed E-state index contributed by atoms with van der Waals surface area (Å²) in [5.41, 5.74) is 1.70. The van der Waals surface area contributed by atoms with E-state index in [1.54, 1.807) is 44.2 Å². The Morgan fingerprint density at radius 3 is 2.11 bits per heavy atom. The molecule has 0 fully saturated rings. The summed E-state index contributed by atoms with van der Waals surface area (Å²) in [6.07, 6.45) is 6.87. The van der Waals surface area contributed by atoms with Crippen molar-refractivity contribution in [3.05, 3.63) is 94.7 Å². The quantitative estimate of drug-likeness (QED) is 0.266. The van der Waals surface area contributed by atoms with Gasteiger partial charge in [-0.25, -0.2) is 17.6 Å². The minimum atomic E-state index is -0.807. The Balaban J connectivity index is 3.15. The van der Waals surface area contributed by atoms with Crippen LogP contribution in [0.5, 0.6) is 0 Å². The number of hydrogen-bond donors (Lipinski definition) is 0. The highest BCUT2D eigenvalue weighted by molar-refractivity contribution is 5.76. The summed E-state index contributed by atoms with van der Waals surface area (Å²) in [4.78, 5) is 0. The second-order valence-corrected chi connectivity index (χ2v) is 5.97. The SMILES string of the molecule is CC\C(F)=C/C(C)=C\C(F)=C\c1ccc(C(/C=C(\C)F)=C/C(F)=C/C#N)cc1.